The predicted molar refractivity (Wildman–Crippen MR) is 124 cm³/mol. The van der Waals surface area contributed by atoms with Crippen molar-refractivity contribution in [1.82, 2.24) is 5.32 Å². The maximum Gasteiger partial charge on any atom is 0.231 e. The molecule has 2 aromatic carbocycles. The van der Waals surface area contributed by atoms with Crippen LogP contribution in [0.4, 0.5) is 10.1 Å². The Bertz CT molecular complexity index is 954. The topological polar surface area (TPSA) is 50.8 Å². The zero-order valence-electron chi connectivity index (χ0n) is 18.6. The molecule has 0 saturated carbocycles. The van der Waals surface area contributed by atoms with Gasteiger partial charge in [0.15, 0.2) is 0 Å². The van der Waals surface area contributed by atoms with Crippen LogP contribution in [0.25, 0.3) is 0 Å². The Morgan fingerprint density at radius 3 is 2.53 bits per heavy atom. The van der Waals surface area contributed by atoms with E-state index in [0.717, 1.165) is 11.1 Å². The third kappa shape index (κ3) is 4.92. The maximum atomic E-state index is 14.9. The fourth-order valence-corrected chi connectivity index (χ4v) is 4.99. The van der Waals surface area contributed by atoms with Crippen LogP contribution in [0.3, 0.4) is 0 Å². The fourth-order valence-electron chi connectivity index (χ4n) is 4.80. The number of hydrogen-bond donors (Lipinski definition) is 1. The van der Waals surface area contributed by atoms with Crippen molar-refractivity contribution >= 4 is 23.2 Å². The molecule has 2 atom stereocenters. The highest BCUT2D eigenvalue weighted by Crippen LogP contribution is 2.36. The van der Waals surface area contributed by atoms with Gasteiger partial charge in [-0.1, -0.05) is 29.8 Å². The monoisotopic (exact) mass is 460 g/mol. The summed E-state index contributed by atoms with van der Waals surface area (Å²) < 4.78 is 26.2. The fraction of sp³-hybridized carbons (Fsp3) is 0.480. The van der Waals surface area contributed by atoms with Crippen LogP contribution in [0.15, 0.2) is 42.5 Å². The van der Waals surface area contributed by atoms with E-state index < -0.39 is 5.41 Å². The number of carbonyl (C=O) groups excluding carboxylic acids is 1. The molecular formula is C25H30ClFN2O3. The lowest BCUT2D eigenvalue weighted by atomic mass is 9.73. The highest BCUT2D eigenvalue weighted by molar-refractivity contribution is 6.30. The van der Waals surface area contributed by atoms with E-state index in [1.165, 1.54) is 6.07 Å². The van der Waals surface area contributed by atoms with Gasteiger partial charge in [-0.25, -0.2) is 4.39 Å². The van der Waals surface area contributed by atoms with E-state index in [2.05, 4.69) is 5.32 Å². The number of ether oxygens (including phenoxy) is 2. The third-order valence-corrected chi connectivity index (χ3v) is 6.62. The molecular weight excluding hydrogens is 431 g/mol. The van der Waals surface area contributed by atoms with Gasteiger partial charge in [-0.15, -0.1) is 0 Å². The van der Waals surface area contributed by atoms with Crippen LogP contribution >= 0.6 is 11.6 Å². The summed E-state index contributed by atoms with van der Waals surface area (Å²) in [6.07, 6.45) is 1.28. The Labute approximate surface area is 193 Å². The van der Waals surface area contributed by atoms with Crippen LogP contribution in [0.1, 0.15) is 37.8 Å². The molecule has 0 aromatic heterocycles. The highest BCUT2D eigenvalue weighted by atomic mass is 35.5. The molecule has 1 N–H and O–H groups in total. The van der Waals surface area contributed by atoms with E-state index in [0.29, 0.717) is 49.9 Å². The minimum atomic E-state index is -0.693. The molecule has 2 fully saturated rings. The van der Waals surface area contributed by atoms with Gasteiger partial charge < -0.3 is 19.7 Å². The highest BCUT2D eigenvalue weighted by Gasteiger charge is 2.41. The van der Waals surface area contributed by atoms with Crippen molar-refractivity contribution < 1.29 is 18.7 Å². The first-order chi connectivity index (χ1) is 15.4. The molecule has 5 nitrogen and oxygen atoms in total. The SMILES string of the molecule is CC1CN(c2ccc(CNC(=O)C3(c4cccc(Cl)c4)CCOCC3)cc2F)CC(C)O1. The minimum Gasteiger partial charge on any atom is -0.381 e. The zero-order chi connectivity index (χ0) is 22.7. The van der Waals surface area contributed by atoms with Gasteiger partial charge in [-0.3, -0.25) is 4.79 Å². The smallest absolute Gasteiger partial charge is 0.231 e. The second-order valence-corrected chi connectivity index (χ2v) is 9.27. The quantitative estimate of drug-likeness (QED) is 0.715. The Hall–Kier alpha value is -2.15. The zero-order valence-corrected chi connectivity index (χ0v) is 19.3. The Morgan fingerprint density at radius 2 is 1.88 bits per heavy atom. The van der Waals surface area contributed by atoms with E-state index >= 15 is 0 Å². The van der Waals surface area contributed by atoms with Crippen molar-refractivity contribution in [3.63, 3.8) is 0 Å². The van der Waals surface area contributed by atoms with Crippen molar-refractivity contribution in [1.29, 1.82) is 0 Å². The summed E-state index contributed by atoms with van der Waals surface area (Å²) >= 11 is 6.20. The largest absolute Gasteiger partial charge is 0.381 e. The van der Waals surface area contributed by atoms with Gasteiger partial charge in [0.1, 0.15) is 5.82 Å². The number of halogens is 2. The minimum absolute atomic E-state index is 0.0549. The van der Waals surface area contributed by atoms with Gasteiger partial charge in [0.2, 0.25) is 5.91 Å². The second-order valence-electron chi connectivity index (χ2n) is 8.84. The van der Waals surface area contributed by atoms with Crippen LogP contribution in [-0.4, -0.2) is 44.4 Å². The van der Waals surface area contributed by atoms with Gasteiger partial charge >= 0.3 is 0 Å². The molecule has 2 heterocycles. The molecule has 4 rings (SSSR count). The van der Waals surface area contributed by atoms with Crippen molar-refractivity contribution in [2.75, 3.05) is 31.2 Å². The van der Waals surface area contributed by atoms with Crippen LogP contribution in [0.5, 0.6) is 0 Å². The molecule has 2 aliphatic heterocycles. The van der Waals surface area contributed by atoms with Crippen LogP contribution in [0.2, 0.25) is 5.02 Å². The first kappa shape index (κ1) is 23.0. The Balaban J connectivity index is 1.47. The normalized spacial score (nSPS) is 23.1. The van der Waals surface area contributed by atoms with Gasteiger partial charge in [-0.05, 0) is 62.1 Å². The lowest BCUT2D eigenvalue weighted by Crippen LogP contribution is -2.47. The number of rotatable bonds is 5. The molecule has 2 aromatic rings. The first-order valence-corrected chi connectivity index (χ1v) is 11.6. The summed E-state index contributed by atoms with van der Waals surface area (Å²) in [6.45, 7) is 6.59. The number of morpholine rings is 1. The van der Waals surface area contributed by atoms with Crippen LogP contribution in [0, 0.1) is 5.82 Å². The molecule has 2 aliphatic rings. The Kier molecular flexibility index (Phi) is 7.03. The lowest BCUT2D eigenvalue weighted by Gasteiger charge is -2.37. The van der Waals surface area contributed by atoms with Gasteiger partial charge in [0.25, 0.3) is 0 Å². The molecule has 0 bridgehead atoms. The van der Waals surface area contributed by atoms with Crippen molar-refractivity contribution in [3.8, 4) is 0 Å². The maximum absolute atomic E-state index is 14.9. The van der Waals surface area contributed by atoms with Crippen LogP contribution < -0.4 is 10.2 Å². The number of amides is 1. The number of nitrogens with zero attached hydrogens (tertiary/aromatic N) is 1. The van der Waals surface area contributed by atoms with E-state index in [1.807, 2.05) is 43.0 Å². The summed E-state index contributed by atoms with van der Waals surface area (Å²) in [6, 6.07) is 12.6. The van der Waals surface area contributed by atoms with E-state index in [9.17, 15) is 9.18 Å². The molecule has 7 heteroatoms. The number of hydrogen-bond acceptors (Lipinski definition) is 4. The molecule has 2 unspecified atom stereocenters. The van der Waals surface area contributed by atoms with Gasteiger partial charge in [-0.2, -0.15) is 0 Å². The summed E-state index contributed by atoms with van der Waals surface area (Å²) in [5.41, 5.74) is 1.49. The van der Waals surface area contributed by atoms with E-state index in [-0.39, 0.29) is 30.5 Å². The van der Waals surface area contributed by atoms with Gasteiger partial charge in [0, 0.05) is 37.9 Å². The van der Waals surface area contributed by atoms with Crippen molar-refractivity contribution in [3.05, 3.63) is 64.4 Å². The summed E-state index contributed by atoms with van der Waals surface area (Å²) in [5, 5.41) is 3.63. The summed E-state index contributed by atoms with van der Waals surface area (Å²) in [4.78, 5) is 15.4. The van der Waals surface area contributed by atoms with Crippen molar-refractivity contribution in [2.24, 2.45) is 0 Å². The third-order valence-electron chi connectivity index (χ3n) is 6.38. The van der Waals surface area contributed by atoms with Crippen molar-refractivity contribution in [2.45, 2.75) is 50.9 Å². The first-order valence-electron chi connectivity index (χ1n) is 11.2. The molecule has 172 valence electrons. The molecule has 32 heavy (non-hydrogen) atoms. The average molecular weight is 461 g/mol. The molecule has 1 amide bonds. The molecule has 0 radical (unpaired) electrons. The molecule has 0 aliphatic carbocycles. The molecule has 0 spiro atoms. The number of anilines is 1. The summed E-state index contributed by atoms with van der Waals surface area (Å²) in [7, 11) is 0. The van der Waals surface area contributed by atoms with E-state index in [1.54, 1.807) is 12.1 Å². The standard InChI is InChI=1S/C25H30ClFN2O3/c1-17-15-29(16-18(2)32-17)23-7-6-19(12-22(23)27)14-28-24(30)25(8-10-31-11-9-25)20-4-3-5-21(26)13-20/h3-7,12-13,17-18H,8-11,14-16H2,1-2H3,(H,28,30). The molecule has 2 saturated heterocycles. The van der Waals surface area contributed by atoms with E-state index in [4.69, 9.17) is 21.1 Å². The Morgan fingerprint density at radius 1 is 1.16 bits per heavy atom. The second kappa shape index (κ2) is 9.77. The average Bonchev–Trinajstić information content (AvgIpc) is 2.77. The van der Waals surface area contributed by atoms with Crippen LogP contribution in [-0.2, 0) is 26.2 Å². The van der Waals surface area contributed by atoms with Gasteiger partial charge in [0.05, 0.1) is 23.3 Å². The number of benzene rings is 2. The summed E-state index contributed by atoms with van der Waals surface area (Å²) in [5.74, 6) is -0.364. The number of nitrogens with one attached hydrogen (secondary N) is 1. The lowest BCUT2D eigenvalue weighted by molar-refractivity contribution is -0.130. The number of carbonyl (C=O) groups is 1. The predicted octanol–water partition coefficient (Wildman–Crippen LogP) is 4.46.